The Balaban J connectivity index is 1.47. The standard InChI is InChI=1S/C23H29N7O4/c1-4-33-20-10-11-24-23(27-20)25-13-18-21(28-29-30(18)3)17-8-9-19(14(2)26-17)34-16-7-5-6-15(12-16)22(31)32/h8-11,15-16H,4-7,12-13H2,1-3H3,(H,31,32)(H,24,25,27)/t15?,16-/m0/s1. The lowest BCUT2D eigenvalue weighted by Gasteiger charge is -2.27. The Morgan fingerprint density at radius 3 is 2.88 bits per heavy atom. The van der Waals surface area contributed by atoms with E-state index in [9.17, 15) is 9.90 Å². The third-order valence-corrected chi connectivity index (χ3v) is 5.83. The molecule has 0 aromatic carbocycles. The molecule has 0 amide bonds. The number of carboxylic acids is 1. The number of hydrogen-bond donors (Lipinski definition) is 2. The number of rotatable bonds is 9. The van der Waals surface area contributed by atoms with E-state index in [-0.39, 0.29) is 12.0 Å². The van der Waals surface area contributed by atoms with E-state index in [1.54, 1.807) is 16.9 Å². The highest BCUT2D eigenvalue weighted by Gasteiger charge is 2.28. The average molecular weight is 468 g/mol. The van der Waals surface area contributed by atoms with Crippen molar-refractivity contribution in [1.29, 1.82) is 0 Å². The Hall–Kier alpha value is -3.76. The number of ether oxygens (including phenoxy) is 2. The number of anilines is 1. The molecule has 1 aliphatic carbocycles. The van der Waals surface area contributed by atoms with Crippen molar-refractivity contribution >= 4 is 11.9 Å². The van der Waals surface area contributed by atoms with E-state index < -0.39 is 5.97 Å². The summed E-state index contributed by atoms with van der Waals surface area (Å²) in [4.78, 5) is 24.6. The lowest BCUT2D eigenvalue weighted by Crippen LogP contribution is -2.29. The first-order chi connectivity index (χ1) is 16.4. The van der Waals surface area contributed by atoms with Gasteiger partial charge in [-0.3, -0.25) is 4.79 Å². The molecule has 3 heterocycles. The van der Waals surface area contributed by atoms with Gasteiger partial charge in [-0.15, -0.1) is 5.10 Å². The van der Waals surface area contributed by atoms with Crippen LogP contribution in [0, 0.1) is 12.8 Å². The largest absolute Gasteiger partial charge is 0.489 e. The molecule has 2 atom stereocenters. The summed E-state index contributed by atoms with van der Waals surface area (Å²) in [5.74, 6) is 0.503. The zero-order valence-electron chi connectivity index (χ0n) is 19.6. The quantitative estimate of drug-likeness (QED) is 0.483. The Morgan fingerprint density at radius 2 is 2.12 bits per heavy atom. The number of nitrogens with one attached hydrogen (secondary N) is 1. The number of pyridine rings is 1. The average Bonchev–Trinajstić information content (AvgIpc) is 3.20. The highest BCUT2D eigenvalue weighted by atomic mass is 16.5. The Morgan fingerprint density at radius 1 is 1.26 bits per heavy atom. The van der Waals surface area contributed by atoms with E-state index >= 15 is 0 Å². The first-order valence-electron chi connectivity index (χ1n) is 11.4. The maximum Gasteiger partial charge on any atom is 0.306 e. The van der Waals surface area contributed by atoms with Gasteiger partial charge in [0.15, 0.2) is 0 Å². The fourth-order valence-corrected chi connectivity index (χ4v) is 4.05. The number of carbonyl (C=O) groups is 1. The van der Waals surface area contributed by atoms with Gasteiger partial charge in [0.25, 0.3) is 0 Å². The molecule has 0 saturated heterocycles. The molecule has 11 nitrogen and oxygen atoms in total. The van der Waals surface area contributed by atoms with Gasteiger partial charge >= 0.3 is 5.97 Å². The van der Waals surface area contributed by atoms with Crippen LogP contribution in [0.1, 0.15) is 44.0 Å². The Kier molecular flexibility index (Phi) is 7.19. The Bertz CT molecular complexity index is 1150. The minimum atomic E-state index is -0.752. The summed E-state index contributed by atoms with van der Waals surface area (Å²) < 4.78 is 13.2. The molecular formula is C23H29N7O4. The van der Waals surface area contributed by atoms with Gasteiger partial charge < -0.3 is 19.9 Å². The third-order valence-electron chi connectivity index (χ3n) is 5.83. The summed E-state index contributed by atoms with van der Waals surface area (Å²) >= 11 is 0. The van der Waals surface area contributed by atoms with Crippen LogP contribution in [0.5, 0.6) is 11.6 Å². The van der Waals surface area contributed by atoms with Crippen LogP contribution in [-0.2, 0) is 18.4 Å². The number of aliphatic carboxylic acids is 1. The molecule has 1 fully saturated rings. The van der Waals surface area contributed by atoms with Crippen LogP contribution in [-0.4, -0.2) is 53.7 Å². The van der Waals surface area contributed by atoms with Crippen molar-refractivity contribution in [2.45, 2.75) is 52.2 Å². The monoisotopic (exact) mass is 467 g/mol. The van der Waals surface area contributed by atoms with Gasteiger partial charge in [-0.05, 0) is 51.7 Å². The van der Waals surface area contributed by atoms with Gasteiger partial charge in [0.2, 0.25) is 11.8 Å². The molecule has 0 spiro atoms. The minimum Gasteiger partial charge on any atom is -0.489 e. The van der Waals surface area contributed by atoms with Gasteiger partial charge in [-0.25, -0.2) is 14.6 Å². The third kappa shape index (κ3) is 5.41. The van der Waals surface area contributed by atoms with Gasteiger partial charge in [0.05, 0.1) is 42.3 Å². The number of carboxylic acid groups (broad SMARTS) is 1. The lowest BCUT2D eigenvalue weighted by atomic mass is 9.87. The second-order valence-corrected chi connectivity index (χ2v) is 8.24. The van der Waals surface area contributed by atoms with Gasteiger partial charge in [0, 0.05) is 19.3 Å². The zero-order valence-corrected chi connectivity index (χ0v) is 19.6. The highest BCUT2D eigenvalue weighted by molar-refractivity contribution is 5.70. The molecule has 34 heavy (non-hydrogen) atoms. The van der Waals surface area contributed by atoms with E-state index in [2.05, 4.69) is 25.6 Å². The van der Waals surface area contributed by atoms with Crippen molar-refractivity contribution in [2.75, 3.05) is 11.9 Å². The first kappa shape index (κ1) is 23.4. The van der Waals surface area contributed by atoms with Crippen molar-refractivity contribution in [3.63, 3.8) is 0 Å². The van der Waals surface area contributed by atoms with E-state index in [0.717, 1.165) is 18.5 Å². The fraction of sp³-hybridized carbons (Fsp3) is 0.478. The number of hydrogen-bond acceptors (Lipinski definition) is 9. The number of aromatic nitrogens is 6. The van der Waals surface area contributed by atoms with E-state index in [4.69, 9.17) is 14.5 Å². The van der Waals surface area contributed by atoms with Crippen molar-refractivity contribution in [1.82, 2.24) is 29.9 Å². The smallest absolute Gasteiger partial charge is 0.306 e. The summed E-state index contributed by atoms with van der Waals surface area (Å²) in [6, 6.07) is 5.42. The van der Waals surface area contributed by atoms with Crippen molar-refractivity contribution in [3.8, 4) is 23.0 Å². The Labute approximate surface area is 197 Å². The normalized spacial score (nSPS) is 17.9. The van der Waals surface area contributed by atoms with Crippen LogP contribution in [0.4, 0.5) is 5.95 Å². The maximum absolute atomic E-state index is 11.3. The van der Waals surface area contributed by atoms with Crippen LogP contribution in [0.2, 0.25) is 0 Å². The first-order valence-corrected chi connectivity index (χ1v) is 11.4. The van der Waals surface area contributed by atoms with Gasteiger partial charge in [-0.1, -0.05) is 5.21 Å². The maximum atomic E-state index is 11.3. The second kappa shape index (κ2) is 10.4. The SMILES string of the molecule is CCOc1ccnc(NCc2c(-c3ccc(O[C@H]4CCCC(C(=O)O)C4)c(C)n3)nnn2C)n1. The molecule has 1 unspecified atom stereocenters. The summed E-state index contributed by atoms with van der Waals surface area (Å²) in [5, 5.41) is 21.0. The molecule has 3 aromatic rings. The van der Waals surface area contributed by atoms with E-state index in [0.29, 0.717) is 60.7 Å². The number of nitrogens with zero attached hydrogens (tertiary/aromatic N) is 6. The van der Waals surface area contributed by atoms with E-state index in [1.165, 1.54) is 0 Å². The minimum absolute atomic E-state index is 0.120. The predicted octanol–water partition coefficient (Wildman–Crippen LogP) is 3.01. The molecular weight excluding hydrogens is 438 g/mol. The molecule has 3 aromatic heterocycles. The summed E-state index contributed by atoms with van der Waals surface area (Å²) in [7, 11) is 1.82. The molecule has 180 valence electrons. The van der Waals surface area contributed by atoms with E-state index in [1.807, 2.05) is 33.0 Å². The van der Waals surface area contributed by atoms with Gasteiger partial charge in [-0.2, -0.15) is 4.98 Å². The fourth-order valence-electron chi connectivity index (χ4n) is 4.05. The number of aryl methyl sites for hydroxylation is 2. The highest BCUT2D eigenvalue weighted by Crippen LogP contribution is 2.30. The van der Waals surface area contributed by atoms with Crippen LogP contribution in [0.25, 0.3) is 11.4 Å². The van der Waals surface area contributed by atoms with Crippen molar-refractivity contribution < 1.29 is 19.4 Å². The molecule has 2 N–H and O–H groups in total. The molecule has 4 rings (SSSR count). The molecule has 1 saturated carbocycles. The van der Waals surface area contributed by atoms with Crippen LogP contribution < -0.4 is 14.8 Å². The molecule has 11 heteroatoms. The topological polar surface area (TPSA) is 137 Å². The van der Waals surface area contributed by atoms with Crippen LogP contribution in [0.15, 0.2) is 24.4 Å². The molecule has 0 aliphatic heterocycles. The second-order valence-electron chi connectivity index (χ2n) is 8.24. The molecule has 1 aliphatic rings. The summed E-state index contributed by atoms with van der Waals surface area (Å²) in [5.41, 5.74) is 2.86. The van der Waals surface area contributed by atoms with Gasteiger partial charge in [0.1, 0.15) is 11.4 Å². The zero-order chi connectivity index (χ0) is 24.1. The lowest BCUT2D eigenvalue weighted by molar-refractivity contribution is -0.143. The molecule has 0 bridgehead atoms. The predicted molar refractivity (Wildman–Crippen MR) is 124 cm³/mol. The summed E-state index contributed by atoms with van der Waals surface area (Å²) in [6.07, 6.45) is 4.43. The van der Waals surface area contributed by atoms with Crippen molar-refractivity contribution in [3.05, 3.63) is 35.8 Å². The summed E-state index contributed by atoms with van der Waals surface area (Å²) in [6.45, 7) is 4.69. The van der Waals surface area contributed by atoms with Crippen molar-refractivity contribution in [2.24, 2.45) is 13.0 Å². The molecule has 0 radical (unpaired) electrons. The van der Waals surface area contributed by atoms with Crippen LogP contribution >= 0.6 is 0 Å². The van der Waals surface area contributed by atoms with Crippen LogP contribution in [0.3, 0.4) is 0 Å².